The number of methoxy groups -OCH3 is 1. The van der Waals surface area contributed by atoms with Gasteiger partial charge < -0.3 is 9.64 Å². The molecule has 1 aromatic carbocycles. The Balaban J connectivity index is 2.26. The van der Waals surface area contributed by atoms with Gasteiger partial charge in [0.25, 0.3) is 0 Å². The molecular formula is C16H20N2O3S. The van der Waals surface area contributed by atoms with Crippen molar-refractivity contribution in [2.75, 3.05) is 20.2 Å². The second-order valence-corrected chi connectivity index (χ2v) is 7.42. The minimum absolute atomic E-state index is 0.103. The van der Waals surface area contributed by atoms with Crippen LogP contribution in [0.3, 0.4) is 0 Å². The van der Waals surface area contributed by atoms with Gasteiger partial charge in [0.05, 0.1) is 12.0 Å². The number of nitriles is 1. The normalized spacial score (nSPS) is 17.1. The molecule has 0 N–H and O–H groups in total. The monoisotopic (exact) mass is 320 g/mol. The molecule has 5 nitrogen and oxygen atoms in total. The van der Waals surface area contributed by atoms with Crippen molar-refractivity contribution in [2.45, 2.75) is 24.7 Å². The Labute approximate surface area is 131 Å². The summed E-state index contributed by atoms with van der Waals surface area (Å²) in [6.45, 7) is 3.75. The number of rotatable bonds is 4. The summed E-state index contributed by atoms with van der Waals surface area (Å²) in [5, 5.41) is 9.26. The number of hydrogen-bond acceptors (Lipinski definition) is 5. The fourth-order valence-corrected chi connectivity index (χ4v) is 3.52. The lowest BCUT2D eigenvalue weighted by Crippen LogP contribution is -2.29. The number of ether oxygens (including phenoxy) is 1. The molecule has 0 spiro atoms. The Hall–Kier alpha value is -2.00. The Morgan fingerprint density at radius 3 is 2.41 bits per heavy atom. The van der Waals surface area contributed by atoms with Crippen molar-refractivity contribution < 1.29 is 13.2 Å². The first-order chi connectivity index (χ1) is 10.5. The summed E-state index contributed by atoms with van der Waals surface area (Å²) in [6, 6.07) is 7.89. The molecule has 0 unspecified atom stereocenters. The van der Waals surface area contributed by atoms with Crippen LogP contribution < -0.4 is 4.74 Å². The number of hydrogen-bond donors (Lipinski definition) is 0. The molecule has 1 fully saturated rings. The molecule has 1 heterocycles. The lowest BCUT2D eigenvalue weighted by Gasteiger charge is -2.29. The molecule has 22 heavy (non-hydrogen) atoms. The van der Waals surface area contributed by atoms with Crippen LogP contribution in [0.15, 0.2) is 40.3 Å². The standard InChI is InChI=1S/C16H20N2O3S/c1-13-7-9-18(10-8-13)12-16(11-17)22(19,20)15-5-3-14(21-2)4-6-15/h3-6,12-13H,7-10H2,1-2H3. The fourth-order valence-electron chi connectivity index (χ4n) is 2.36. The summed E-state index contributed by atoms with van der Waals surface area (Å²) in [6.07, 6.45) is 3.50. The van der Waals surface area contributed by atoms with Gasteiger partial charge in [0.15, 0.2) is 4.91 Å². The van der Waals surface area contributed by atoms with E-state index in [0.717, 1.165) is 25.9 Å². The third kappa shape index (κ3) is 3.60. The molecule has 0 saturated carbocycles. The Morgan fingerprint density at radius 1 is 1.32 bits per heavy atom. The van der Waals surface area contributed by atoms with Crippen molar-refractivity contribution in [3.05, 3.63) is 35.4 Å². The third-order valence-corrected chi connectivity index (χ3v) is 5.56. The lowest BCUT2D eigenvalue weighted by molar-refractivity contribution is 0.255. The first kappa shape index (κ1) is 16.4. The zero-order valence-electron chi connectivity index (χ0n) is 12.8. The molecule has 6 heteroatoms. The van der Waals surface area contributed by atoms with Gasteiger partial charge in [-0.25, -0.2) is 8.42 Å². The summed E-state index contributed by atoms with van der Waals surface area (Å²) >= 11 is 0. The van der Waals surface area contributed by atoms with Gasteiger partial charge in [0.1, 0.15) is 11.8 Å². The van der Waals surface area contributed by atoms with E-state index in [1.165, 1.54) is 25.4 Å². The van der Waals surface area contributed by atoms with Gasteiger partial charge >= 0.3 is 0 Å². The van der Waals surface area contributed by atoms with Crippen molar-refractivity contribution in [3.63, 3.8) is 0 Å². The van der Waals surface area contributed by atoms with Gasteiger partial charge in [-0.2, -0.15) is 5.26 Å². The van der Waals surface area contributed by atoms with E-state index in [2.05, 4.69) is 6.92 Å². The van der Waals surface area contributed by atoms with Crippen LogP contribution >= 0.6 is 0 Å². The van der Waals surface area contributed by atoms with E-state index in [1.807, 2.05) is 11.0 Å². The summed E-state index contributed by atoms with van der Waals surface area (Å²) in [4.78, 5) is 1.80. The molecular weight excluding hydrogens is 300 g/mol. The van der Waals surface area contributed by atoms with E-state index in [0.29, 0.717) is 11.7 Å². The third-order valence-electron chi connectivity index (χ3n) is 3.89. The first-order valence-electron chi connectivity index (χ1n) is 7.22. The number of piperidine rings is 1. The van der Waals surface area contributed by atoms with Crippen molar-refractivity contribution >= 4 is 9.84 Å². The average Bonchev–Trinajstić information content (AvgIpc) is 2.54. The highest BCUT2D eigenvalue weighted by molar-refractivity contribution is 7.95. The van der Waals surface area contributed by atoms with Crippen molar-refractivity contribution in [1.29, 1.82) is 5.26 Å². The molecule has 1 saturated heterocycles. The minimum Gasteiger partial charge on any atom is -0.497 e. The topological polar surface area (TPSA) is 70.4 Å². The van der Waals surface area contributed by atoms with Crippen LogP contribution in [0.1, 0.15) is 19.8 Å². The highest BCUT2D eigenvalue weighted by atomic mass is 32.2. The lowest BCUT2D eigenvalue weighted by atomic mass is 10.00. The molecule has 0 bridgehead atoms. The Kier molecular flexibility index (Phi) is 5.09. The van der Waals surface area contributed by atoms with Crippen LogP contribution in [-0.4, -0.2) is 33.5 Å². The average molecular weight is 320 g/mol. The molecule has 0 amide bonds. The van der Waals surface area contributed by atoms with Crippen LogP contribution in [0.4, 0.5) is 0 Å². The Bertz CT molecular complexity index is 679. The summed E-state index contributed by atoms with van der Waals surface area (Å²) in [5.41, 5.74) is 0. The number of nitrogens with zero attached hydrogens (tertiary/aromatic N) is 2. The van der Waals surface area contributed by atoms with Crippen molar-refractivity contribution in [1.82, 2.24) is 4.90 Å². The number of benzene rings is 1. The number of likely N-dealkylation sites (tertiary alicyclic amines) is 1. The minimum atomic E-state index is -3.79. The maximum absolute atomic E-state index is 12.5. The van der Waals surface area contributed by atoms with Gasteiger partial charge in [-0.15, -0.1) is 0 Å². The van der Waals surface area contributed by atoms with Crippen LogP contribution in [0, 0.1) is 17.2 Å². The SMILES string of the molecule is COc1ccc(S(=O)(=O)C(C#N)=CN2CCC(C)CC2)cc1. The zero-order valence-corrected chi connectivity index (χ0v) is 13.6. The molecule has 1 aromatic rings. The van der Waals surface area contributed by atoms with Gasteiger partial charge in [-0.1, -0.05) is 6.92 Å². The highest BCUT2D eigenvalue weighted by Gasteiger charge is 2.23. The zero-order chi connectivity index (χ0) is 16.2. The van der Waals surface area contributed by atoms with E-state index in [4.69, 9.17) is 4.74 Å². The summed E-state index contributed by atoms with van der Waals surface area (Å²) in [7, 11) is -2.27. The van der Waals surface area contributed by atoms with Gasteiger partial charge in [0, 0.05) is 19.3 Å². The summed E-state index contributed by atoms with van der Waals surface area (Å²) in [5.74, 6) is 1.22. The van der Waals surface area contributed by atoms with E-state index >= 15 is 0 Å². The van der Waals surface area contributed by atoms with Crippen LogP contribution in [-0.2, 0) is 9.84 Å². The molecule has 1 aliphatic rings. The Morgan fingerprint density at radius 2 is 1.91 bits per heavy atom. The van der Waals surface area contributed by atoms with Gasteiger partial charge in [-0.05, 0) is 43.0 Å². The quantitative estimate of drug-likeness (QED) is 0.797. The molecule has 118 valence electrons. The maximum atomic E-state index is 12.5. The number of sulfone groups is 1. The van der Waals surface area contributed by atoms with Gasteiger partial charge in [-0.3, -0.25) is 0 Å². The van der Waals surface area contributed by atoms with Crippen molar-refractivity contribution in [3.8, 4) is 11.8 Å². The molecule has 0 aliphatic carbocycles. The smallest absolute Gasteiger partial charge is 0.218 e. The van der Waals surface area contributed by atoms with Gasteiger partial charge in [0.2, 0.25) is 9.84 Å². The van der Waals surface area contributed by atoms with E-state index in [-0.39, 0.29) is 9.80 Å². The molecule has 0 atom stereocenters. The second kappa shape index (κ2) is 6.84. The van der Waals surface area contributed by atoms with E-state index in [1.54, 1.807) is 12.1 Å². The number of allylic oxidation sites excluding steroid dienone is 1. The molecule has 0 radical (unpaired) electrons. The predicted octanol–water partition coefficient (Wildman–Crippen LogP) is 2.57. The predicted molar refractivity (Wildman–Crippen MR) is 83.8 cm³/mol. The van der Waals surface area contributed by atoms with Crippen LogP contribution in [0.5, 0.6) is 5.75 Å². The maximum Gasteiger partial charge on any atom is 0.218 e. The first-order valence-corrected chi connectivity index (χ1v) is 8.71. The molecule has 0 aromatic heterocycles. The van der Waals surface area contributed by atoms with E-state index < -0.39 is 9.84 Å². The molecule has 2 rings (SSSR count). The summed E-state index contributed by atoms with van der Waals surface area (Å²) < 4.78 is 30.1. The fraction of sp³-hybridized carbons (Fsp3) is 0.438. The second-order valence-electron chi connectivity index (χ2n) is 5.50. The van der Waals surface area contributed by atoms with Crippen LogP contribution in [0.25, 0.3) is 0 Å². The molecule has 1 aliphatic heterocycles. The van der Waals surface area contributed by atoms with E-state index in [9.17, 15) is 13.7 Å². The van der Waals surface area contributed by atoms with Crippen molar-refractivity contribution in [2.24, 2.45) is 5.92 Å². The largest absolute Gasteiger partial charge is 0.497 e. The van der Waals surface area contributed by atoms with Crippen LogP contribution in [0.2, 0.25) is 0 Å². The highest BCUT2D eigenvalue weighted by Crippen LogP contribution is 2.23.